The van der Waals surface area contributed by atoms with E-state index in [1.54, 1.807) is 18.3 Å². The monoisotopic (exact) mass is 508 g/mol. The summed E-state index contributed by atoms with van der Waals surface area (Å²) < 4.78 is 2.17. The van der Waals surface area contributed by atoms with Gasteiger partial charge in [0.25, 0.3) is 0 Å². The van der Waals surface area contributed by atoms with Gasteiger partial charge < -0.3 is 15.7 Å². The Hall–Kier alpha value is -1.80. The second kappa shape index (κ2) is 9.45. The van der Waals surface area contributed by atoms with Crippen LogP contribution in [0.5, 0.6) is 0 Å². The van der Waals surface area contributed by atoms with Gasteiger partial charge in [-0.3, -0.25) is 4.57 Å². The molecule has 2 fully saturated rings. The minimum Gasteiger partial charge on any atom is -0.393 e. The van der Waals surface area contributed by atoms with E-state index in [2.05, 4.69) is 27.1 Å². The van der Waals surface area contributed by atoms with Crippen LogP contribution in [-0.4, -0.2) is 36.8 Å². The quantitative estimate of drug-likeness (QED) is 0.359. The van der Waals surface area contributed by atoms with E-state index in [-0.39, 0.29) is 18.2 Å². The highest BCUT2D eigenvalue weighted by Gasteiger charge is 2.27. The van der Waals surface area contributed by atoms with Crippen molar-refractivity contribution in [1.82, 2.24) is 19.5 Å². The smallest absolute Gasteiger partial charge is 0.224 e. The third-order valence-electron chi connectivity index (χ3n) is 6.77. The number of benzene rings is 1. The molecule has 7 nitrogen and oxygen atoms in total. The Morgan fingerprint density at radius 3 is 2.39 bits per heavy atom. The molecule has 2 aliphatic carbocycles. The number of aliphatic hydroxyl groups is 1. The first kappa shape index (κ1) is 23.0. The van der Waals surface area contributed by atoms with Gasteiger partial charge in [0.15, 0.2) is 5.65 Å². The first-order valence-corrected chi connectivity index (χ1v) is 12.6. The number of rotatable bonds is 5. The lowest BCUT2D eigenvalue weighted by Gasteiger charge is -2.28. The van der Waals surface area contributed by atoms with Crippen molar-refractivity contribution in [3.8, 4) is 0 Å². The SMILES string of the molecule is C[C@H]1CC[C@@H](n2c(Nc3c(Cl)cc(Cl)cc3Cl)nc3cnc(N[C@@H]4CC[C@H](O)C4)nc32)CC1. The Labute approximate surface area is 207 Å². The fourth-order valence-corrected chi connectivity index (χ4v) is 5.85. The largest absolute Gasteiger partial charge is 0.393 e. The van der Waals surface area contributed by atoms with Crippen molar-refractivity contribution in [3.05, 3.63) is 33.4 Å². The van der Waals surface area contributed by atoms with Crippen molar-refractivity contribution in [2.45, 2.75) is 70.1 Å². The van der Waals surface area contributed by atoms with Crippen molar-refractivity contribution in [3.63, 3.8) is 0 Å². The molecule has 2 saturated carbocycles. The highest BCUT2D eigenvalue weighted by molar-refractivity contribution is 6.41. The summed E-state index contributed by atoms with van der Waals surface area (Å²) in [4.78, 5) is 14.1. The van der Waals surface area contributed by atoms with Gasteiger partial charge in [-0.05, 0) is 63.0 Å². The molecule has 0 unspecified atom stereocenters. The minimum absolute atomic E-state index is 0.175. The summed E-state index contributed by atoms with van der Waals surface area (Å²) in [5.74, 6) is 1.91. The summed E-state index contributed by atoms with van der Waals surface area (Å²) in [6.45, 7) is 2.30. The molecular weight excluding hydrogens is 483 g/mol. The third kappa shape index (κ3) is 4.87. The summed E-state index contributed by atoms with van der Waals surface area (Å²) in [7, 11) is 0. The zero-order valence-corrected chi connectivity index (χ0v) is 20.6. The number of fused-ring (bicyclic) bond motifs is 1. The van der Waals surface area contributed by atoms with Gasteiger partial charge in [-0.15, -0.1) is 0 Å². The van der Waals surface area contributed by atoms with Crippen LogP contribution in [0.2, 0.25) is 15.1 Å². The summed E-state index contributed by atoms with van der Waals surface area (Å²) in [6, 6.07) is 3.75. The van der Waals surface area contributed by atoms with Crippen molar-refractivity contribution < 1.29 is 5.11 Å². The first-order chi connectivity index (χ1) is 15.9. The van der Waals surface area contributed by atoms with Crippen molar-refractivity contribution >= 4 is 63.6 Å². The van der Waals surface area contributed by atoms with Crippen LogP contribution in [0.25, 0.3) is 11.2 Å². The minimum atomic E-state index is -0.259. The molecule has 0 spiro atoms. The van der Waals surface area contributed by atoms with Crippen LogP contribution >= 0.6 is 34.8 Å². The third-order valence-corrected chi connectivity index (χ3v) is 7.58. The first-order valence-electron chi connectivity index (χ1n) is 11.5. The lowest BCUT2D eigenvalue weighted by atomic mass is 9.87. The molecule has 10 heteroatoms. The van der Waals surface area contributed by atoms with Crippen molar-refractivity contribution in [2.24, 2.45) is 5.92 Å². The zero-order chi connectivity index (χ0) is 23.1. The lowest BCUT2D eigenvalue weighted by Crippen LogP contribution is -2.20. The number of aromatic nitrogens is 4. The van der Waals surface area contributed by atoms with Gasteiger partial charge in [0.1, 0.15) is 5.52 Å². The molecule has 0 bridgehead atoms. The molecule has 2 heterocycles. The second-order valence-corrected chi connectivity index (χ2v) is 10.5. The fraction of sp³-hybridized carbons (Fsp3) is 0.522. The van der Waals surface area contributed by atoms with E-state index in [0.717, 1.165) is 44.2 Å². The lowest BCUT2D eigenvalue weighted by molar-refractivity contribution is 0.182. The molecule has 0 aliphatic heterocycles. The molecule has 3 N–H and O–H groups in total. The molecule has 5 rings (SSSR count). The molecule has 33 heavy (non-hydrogen) atoms. The Morgan fingerprint density at radius 2 is 1.73 bits per heavy atom. The van der Waals surface area contributed by atoms with Crippen LogP contribution in [-0.2, 0) is 0 Å². The van der Waals surface area contributed by atoms with Crippen molar-refractivity contribution in [2.75, 3.05) is 10.6 Å². The summed E-state index contributed by atoms with van der Waals surface area (Å²) >= 11 is 19.0. The van der Waals surface area contributed by atoms with Crippen LogP contribution in [0, 0.1) is 5.92 Å². The molecular formula is C23H27Cl3N6O. The number of anilines is 3. The molecule has 0 amide bonds. The van der Waals surface area contributed by atoms with Crippen LogP contribution in [0.1, 0.15) is 57.9 Å². The molecule has 2 aromatic heterocycles. The van der Waals surface area contributed by atoms with E-state index in [9.17, 15) is 5.11 Å². The summed E-state index contributed by atoms with van der Waals surface area (Å²) in [5.41, 5.74) is 2.04. The normalized spacial score (nSPS) is 25.5. The van der Waals surface area contributed by atoms with Gasteiger partial charge in [-0.1, -0.05) is 41.7 Å². The summed E-state index contributed by atoms with van der Waals surface area (Å²) in [6.07, 6.45) is 8.30. The number of aliphatic hydroxyl groups excluding tert-OH is 1. The number of hydrogen-bond donors (Lipinski definition) is 3. The Morgan fingerprint density at radius 1 is 1.00 bits per heavy atom. The van der Waals surface area contributed by atoms with Crippen LogP contribution in [0.3, 0.4) is 0 Å². The number of nitrogens with zero attached hydrogens (tertiary/aromatic N) is 4. The predicted molar refractivity (Wildman–Crippen MR) is 134 cm³/mol. The average Bonchev–Trinajstić information content (AvgIpc) is 3.34. The Bertz CT molecular complexity index is 1140. The number of nitrogens with one attached hydrogen (secondary N) is 2. The fourth-order valence-electron chi connectivity index (χ4n) is 4.94. The molecule has 176 valence electrons. The molecule has 0 radical (unpaired) electrons. The van der Waals surface area contributed by atoms with E-state index in [4.69, 9.17) is 44.8 Å². The molecule has 2 atom stereocenters. The standard InChI is InChI=1S/C23H27Cl3N6O/c1-12-2-5-15(6-3-12)32-21-19(11-27-22(31-21)28-14-4-7-16(33)10-14)29-23(32)30-20-17(25)8-13(24)9-18(20)26/h8-9,11-12,14-16,33H,2-7,10H2,1H3,(H,29,30)(H,27,28,31)/t12-,14-,15+,16+/m1/s1. The Balaban J connectivity index is 1.54. The Kier molecular flexibility index (Phi) is 6.58. The molecule has 2 aliphatic rings. The molecule has 0 saturated heterocycles. The highest BCUT2D eigenvalue weighted by Crippen LogP contribution is 2.40. The predicted octanol–water partition coefficient (Wildman–Crippen LogP) is 6.61. The number of halogens is 3. The maximum absolute atomic E-state index is 9.86. The van der Waals surface area contributed by atoms with Gasteiger partial charge in [-0.2, -0.15) is 4.98 Å². The van der Waals surface area contributed by atoms with Crippen molar-refractivity contribution in [1.29, 1.82) is 0 Å². The average molecular weight is 510 g/mol. The number of hydrogen-bond acceptors (Lipinski definition) is 6. The summed E-state index contributed by atoms with van der Waals surface area (Å²) in [5, 5.41) is 17.9. The topological polar surface area (TPSA) is 87.9 Å². The van der Waals surface area contributed by atoms with E-state index in [1.165, 1.54) is 0 Å². The molecule has 1 aromatic carbocycles. The van der Waals surface area contributed by atoms with E-state index >= 15 is 0 Å². The highest BCUT2D eigenvalue weighted by atomic mass is 35.5. The second-order valence-electron chi connectivity index (χ2n) is 9.30. The van der Waals surface area contributed by atoms with E-state index < -0.39 is 0 Å². The van der Waals surface area contributed by atoms with E-state index in [1.807, 2.05) is 0 Å². The van der Waals surface area contributed by atoms with Gasteiger partial charge in [0, 0.05) is 17.1 Å². The van der Waals surface area contributed by atoms with Gasteiger partial charge in [-0.25, -0.2) is 9.97 Å². The van der Waals surface area contributed by atoms with Crippen LogP contribution in [0.15, 0.2) is 18.3 Å². The van der Waals surface area contributed by atoms with Gasteiger partial charge in [0.05, 0.1) is 28.0 Å². The van der Waals surface area contributed by atoms with Crippen LogP contribution in [0.4, 0.5) is 17.6 Å². The van der Waals surface area contributed by atoms with Crippen LogP contribution < -0.4 is 10.6 Å². The maximum Gasteiger partial charge on any atom is 0.224 e. The molecule has 3 aromatic rings. The van der Waals surface area contributed by atoms with Gasteiger partial charge in [0.2, 0.25) is 11.9 Å². The van der Waals surface area contributed by atoms with E-state index in [0.29, 0.717) is 50.5 Å². The number of imidazole rings is 1. The zero-order valence-electron chi connectivity index (χ0n) is 18.4. The van der Waals surface area contributed by atoms with Gasteiger partial charge >= 0.3 is 0 Å². The maximum atomic E-state index is 9.86.